The molecule has 0 aromatic heterocycles. The first kappa shape index (κ1) is 31.3. The van der Waals surface area contributed by atoms with Gasteiger partial charge < -0.3 is 4.74 Å². The molecule has 0 amide bonds. The summed E-state index contributed by atoms with van der Waals surface area (Å²) in [6.45, 7) is 2.10. The van der Waals surface area contributed by atoms with Crippen molar-refractivity contribution in [3.63, 3.8) is 0 Å². The first-order valence-corrected chi connectivity index (χ1v) is 13.1. The van der Waals surface area contributed by atoms with Crippen LogP contribution in [-0.4, -0.2) is 0 Å². The van der Waals surface area contributed by atoms with Crippen LogP contribution in [0.1, 0.15) is 42.9 Å². The lowest BCUT2D eigenvalue weighted by Crippen LogP contribution is -2.25. The van der Waals surface area contributed by atoms with Gasteiger partial charge in [0.25, 0.3) is 0 Å². The SMILES string of the molecule is CCCCCc1ccc(-c2cc(F)c(-c3cc(F)c(C(F)(F)Oc4ccc(C(F)(F)F)c(F)c4)c(F)c3)c(Cl)c2)cc1. The number of halogens is 10. The Balaban J connectivity index is 1.61. The summed E-state index contributed by atoms with van der Waals surface area (Å²) in [5, 5.41) is -0.244. The molecule has 1 nitrogen and oxygen atoms in total. The highest BCUT2D eigenvalue weighted by Gasteiger charge is 2.42. The van der Waals surface area contributed by atoms with Gasteiger partial charge in [0, 0.05) is 11.6 Å². The average molecular weight is 617 g/mol. The third-order valence-corrected chi connectivity index (χ3v) is 6.81. The molecule has 4 aromatic rings. The predicted molar refractivity (Wildman–Crippen MR) is 141 cm³/mol. The summed E-state index contributed by atoms with van der Waals surface area (Å²) in [5.74, 6) is -7.74. The molecule has 0 spiro atoms. The normalized spacial score (nSPS) is 12.1. The number of unbranched alkanes of at least 4 members (excludes halogenated alkanes) is 2. The van der Waals surface area contributed by atoms with E-state index < -0.39 is 63.6 Å². The van der Waals surface area contributed by atoms with Gasteiger partial charge in [0.15, 0.2) is 0 Å². The second-order valence-corrected chi connectivity index (χ2v) is 9.95. The van der Waals surface area contributed by atoms with E-state index in [-0.39, 0.29) is 17.2 Å². The van der Waals surface area contributed by atoms with Crippen molar-refractivity contribution < 1.29 is 44.3 Å². The summed E-state index contributed by atoms with van der Waals surface area (Å²) in [6, 6.07) is 11.2. The Labute approximate surface area is 240 Å². The quantitative estimate of drug-likeness (QED) is 0.134. The molecule has 0 saturated carbocycles. The van der Waals surface area contributed by atoms with Crippen molar-refractivity contribution in [2.75, 3.05) is 0 Å². The molecule has 0 atom stereocenters. The topological polar surface area (TPSA) is 9.23 Å². The van der Waals surface area contributed by atoms with Gasteiger partial charge in [-0.05, 0) is 71.5 Å². The van der Waals surface area contributed by atoms with E-state index in [1.807, 2.05) is 12.1 Å². The molecule has 0 saturated heterocycles. The summed E-state index contributed by atoms with van der Waals surface area (Å²) < 4.78 is 131. The molecule has 0 unspecified atom stereocenters. The molecule has 0 aliphatic heterocycles. The highest BCUT2D eigenvalue weighted by molar-refractivity contribution is 6.33. The van der Waals surface area contributed by atoms with E-state index in [4.69, 9.17) is 11.6 Å². The number of alkyl halides is 5. The highest BCUT2D eigenvalue weighted by atomic mass is 35.5. The zero-order valence-corrected chi connectivity index (χ0v) is 22.6. The number of hydrogen-bond acceptors (Lipinski definition) is 1. The molecule has 0 bridgehead atoms. The van der Waals surface area contributed by atoms with Gasteiger partial charge in [-0.3, -0.25) is 0 Å². The van der Waals surface area contributed by atoms with E-state index in [1.165, 1.54) is 6.07 Å². The lowest BCUT2D eigenvalue weighted by Gasteiger charge is -2.20. The molecule has 0 aliphatic rings. The molecule has 4 rings (SSSR count). The van der Waals surface area contributed by atoms with Gasteiger partial charge in [-0.25, -0.2) is 17.6 Å². The number of ether oxygens (including phenoxy) is 1. The fraction of sp³-hybridized carbons (Fsp3) is 0.226. The van der Waals surface area contributed by atoms with Gasteiger partial charge in [0.05, 0.1) is 10.6 Å². The first-order valence-electron chi connectivity index (χ1n) is 12.7. The Morgan fingerprint density at radius 1 is 0.667 bits per heavy atom. The Kier molecular flexibility index (Phi) is 9.15. The van der Waals surface area contributed by atoms with Crippen LogP contribution in [0, 0.1) is 23.3 Å². The van der Waals surface area contributed by atoms with Gasteiger partial charge in [-0.1, -0.05) is 55.6 Å². The first-order chi connectivity index (χ1) is 19.7. The van der Waals surface area contributed by atoms with Crippen molar-refractivity contribution in [1.82, 2.24) is 0 Å². The van der Waals surface area contributed by atoms with Crippen molar-refractivity contribution in [1.29, 1.82) is 0 Å². The van der Waals surface area contributed by atoms with Crippen LogP contribution in [0.4, 0.5) is 39.5 Å². The van der Waals surface area contributed by atoms with E-state index >= 15 is 4.39 Å². The summed E-state index contributed by atoms with van der Waals surface area (Å²) in [7, 11) is 0. The third-order valence-electron chi connectivity index (χ3n) is 6.51. The largest absolute Gasteiger partial charge is 0.432 e. The van der Waals surface area contributed by atoms with Crippen LogP contribution < -0.4 is 4.74 Å². The summed E-state index contributed by atoms with van der Waals surface area (Å²) in [4.78, 5) is 0. The maximum absolute atomic E-state index is 15.2. The zero-order valence-electron chi connectivity index (χ0n) is 21.9. The molecule has 4 aromatic carbocycles. The number of aryl methyl sites for hydroxylation is 1. The van der Waals surface area contributed by atoms with E-state index in [0.29, 0.717) is 29.3 Å². The third kappa shape index (κ3) is 6.86. The van der Waals surface area contributed by atoms with Gasteiger partial charge in [0.2, 0.25) is 0 Å². The minimum Gasteiger partial charge on any atom is -0.429 e. The van der Waals surface area contributed by atoms with E-state index in [0.717, 1.165) is 37.3 Å². The van der Waals surface area contributed by atoms with Crippen LogP contribution in [0.5, 0.6) is 5.75 Å². The Hall–Kier alpha value is -3.66. The fourth-order valence-corrected chi connectivity index (χ4v) is 4.76. The summed E-state index contributed by atoms with van der Waals surface area (Å²) in [5.41, 5.74) is -2.50. The predicted octanol–water partition coefficient (Wildman–Crippen LogP) is 11.1. The lowest BCUT2D eigenvalue weighted by atomic mass is 9.97. The van der Waals surface area contributed by atoms with Crippen LogP contribution in [0.25, 0.3) is 22.3 Å². The molecular weight excluding hydrogens is 595 g/mol. The molecule has 42 heavy (non-hydrogen) atoms. The minimum atomic E-state index is -5.10. The van der Waals surface area contributed by atoms with Gasteiger partial charge in [-0.2, -0.15) is 22.0 Å². The zero-order chi connectivity index (χ0) is 30.8. The summed E-state index contributed by atoms with van der Waals surface area (Å²) in [6.07, 6.45) is -5.79. The van der Waals surface area contributed by atoms with Crippen molar-refractivity contribution >= 4 is 11.6 Å². The molecule has 0 radical (unpaired) electrons. The second-order valence-electron chi connectivity index (χ2n) is 9.54. The fourth-order valence-electron chi connectivity index (χ4n) is 4.44. The van der Waals surface area contributed by atoms with Gasteiger partial charge in [0.1, 0.15) is 34.6 Å². The van der Waals surface area contributed by atoms with Gasteiger partial charge in [-0.15, -0.1) is 0 Å². The van der Waals surface area contributed by atoms with Crippen LogP contribution >= 0.6 is 11.6 Å². The molecular formula is C31H22ClF9O. The maximum Gasteiger partial charge on any atom is 0.432 e. The van der Waals surface area contributed by atoms with Crippen molar-refractivity contribution in [3.05, 3.63) is 112 Å². The smallest absolute Gasteiger partial charge is 0.429 e. The Morgan fingerprint density at radius 3 is 1.83 bits per heavy atom. The highest BCUT2D eigenvalue weighted by Crippen LogP contribution is 2.41. The van der Waals surface area contributed by atoms with Gasteiger partial charge >= 0.3 is 12.3 Å². The maximum atomic E-state index is 15.2. The molecule has 0 heterocycles. The molecule has 0 aliphatic carbocycles. The summed E-state index contributed by atoms with van der Waals surface area (Å²) >= 11 is 6.26. The average Bonchev–Trinajstić information content (AvgIpc) is 2.87. The number of hydrogen-bond donors (Lipinski definition) is 0. The lowest BCUT2D eigenvalue weighted by molar-refractivity contribution is -0.189. The standard InChI is InChI=1S/C31H22ClF9O/c1-2-3-4-5-17-6-8-18(9-7-17)19-12-23(32)28(25(34)13-19)20-14-26(35)29(27(36)15-20)31(40,41)42-21-10-11-22(24(33)16-21)30(37,38)39/h6-16H,2-5H2,1H3. The second kappa shape index (κ2) is 12.3. The monoisotopic (exact) mass is 616 g/mol. The van der Waals surface area contributed by atoms with Crippen molar-refractivity contribution in [2.45, 2.75) is 44.9 Å². The molecule has 222 valence electrons. The Bertz CT molecular complexity index is 1530. The number of rotatable bonds is 9. The molecule has 0 fully saturated rings. The van der Waals surface area contributed by atoms with E-state index in [1.54, 1.807) is 12.1 Å². The van der Waals surface area contributed by atoms with Crippen molar-refractivity contribution in [3.8, 4) is 28.0 Å². The Morgan fingerprint density at radius 2 is 1.29 bits per heavy atom. The van der Waals surface area contributed by atoms with E-state index in [9.17, 15) is 35.1 Å². The van der Waals surface area contributed by atoms with E-state index in [2.05, 4.69) is 11.7 Å². The van der Waals surface area contributed by atoms with Crippen LogP contribution in [0.2, 0.25) is 5.02 Å². The minimum absolute atomic E-state index is 0.0115. The number of benzene rings is 4. The van der Waals surface area contributed by atoms with Crippen LogP contribution in [-0.2, 0) is 18.7 Å². The molecule has 0 N–H and O–H groups in total. The van der Waals surface area contributed by atoms with Crippen LogP contribution in [0.15, 0.2) is 66.7 Å². The molecule has 11 heteroatoms. The van der Waals surface area contributed by atoms with Crippen molar-refractivity contribution in [2.24, 2.45) is 0 Å². The van der Waals surface area contributed by atoms with Crippen LogP contribution in [0.3, 0.4) is 0 Å².